The third-order valence-electron chi connectivity index (χ3n) is 3.57. The Balaban J connectivity index is 2.25. The van der Waals surface area contributed by atoms with Crippen LogP contribution in [0.5, 0.6) is 0 Å². The molecule has 1 atom stereocenters. The third kappa shape index (κ3) is 3.35. The first-order chi connectivity index (χ1) is 8.79. The summed E-state index contributed by atoms with van der Waals surface area (Å²) in [6.07, 6.45) is 3.46. The topological polar surface area (TPSA) is 63.2 Å². The fourth-order valence-electron chi connectivity index (χ4n) is 2.07. The second-order valence-electron chi connectivity index (χ2n) is 5.35. The number of carbonyl (C=O) groups is 1. The Kier molecular flexibility index (Phi) is 3.67. The molecule has 0 spiro atoms. The molecule has 5 heteroatoms. The second kappa shape index (κ2) is 4.96. The second-order valence-corrected chi connectivity index (χ2v) is 7.36. The van der Waals surface area contributed by atoms with Gasteiger partial charge in [0, 0.05) is 17.9 Å². The van der Waals surface area contributed by atoms with Crippen molar-refractivity contribution in [2.75, 3.05) is 6.26 Å². The van der Waals surface area contributed by atoms with Gasteiger partial charge < -0.3 is 5.32 Å². The van der Waals surface area contributed by atoms with Crippen molar-refractivity contribution in [3.8, 4) is 0 Å². The van der Waals surface area contributed by atoms with Crippen LogP contribution in [0.2, 0.25) is 0 Å². The van der Waals surface area contributed by atoms with Gasteiger partial charge in [0.05, 0.1) is 4.90 Å². The third-order valence-corrected chi connectivity index (χ3v) is 4.68. The lowest BCUT2D eigenvalue weighted by atomic mass is 10.1. The first-order valence-electron chi connectivity index (χ1n) is 6.40. The maximum atomic E-state index is 12.2. The van der Waals surface area contributed by atoms with Crippen molar-refractivity contribution in [2.24, 2.45) is 5.92 Å². The van der Waals surface area contributed by atoms with Crippen molar-refractivity contribution < 1.29 is 13.2 Å². The molecule has 2 rings (SSSR count). The zero-order valence-electron chi connectivity index (χ0n) is 11.4. The molecule has 1 aromatic rings. The first-order valence-corrected chi connectivity index (χ1v) is 8.30. The highest BCUT2D eigenvalue weighted by molar-refractivity contribution is 7.90. The average molecular weight is 281 g/mol. The van der Waals surface area contributed by atoms with Crippen LogP contribution < -0.4 is 5.32 Å². The Morgan fingerprint density at radius 3 is 2.53 bits per heavy atom. The summed E-state index contributed by atoms with van der Waals surface area (Å²) in [4.78, 5) is 12.4. The summed E-state index contributed by atoms with van der Waals surface area (Å²) < 4.78 is 23.1. The summed E-state index contributed by atoms with van der Waals surface area (Å²) in [5.41, 5.74) is 1.23. The summed E-state index contributed by atoms with van der Waals surface area (Å²) in [5, 5.41) is 2.94. The molecule has 1 aliphatic carbocycles. The van der Waals surface area contributed by atoms with E-state index in [1.165, 1.54) is 12.1 Å². The predicted molar refractivity (Wildman–Crippen MR) is 73.9 cm³/mol. The molecule has 0 bridgehead atoms. The molecule has 0 radical (unpaired) electrons. The molecule has 1 N–H and O–H groups in total. The van der Waals surface area contributed by atoms with E-state index >= 15 is 0 Å². The SMILES string of the molecule is Cc1ccc(S(C)(=O)=O)cc1C(=O)N[C@H](C)C1CC1. The van der Waals surface area contributed by atoms with Crippen LogP contribution in [-0.4, -0.2) is 26.6 Å². The van der Waals surface area contributed by atoms with E-state index in [2.05, 4.69) is 5.32 Å². The molecule has 0 unspecified atom stereocenters. The molecule has 4 nitrogen and oxygen atoms in total. The Morgan fingerprint density at radius 2 is 2.00 bits per heavy atom. The van der Waals surface area contributed by atoms with Gasteiger partial charge in [-0.3, -0.25) is 4.79 Å². The van der Waals surface area contributed by atoms with Crippen molar-refractivity contribution in [3.63, 3.8) is 0 Å². The van der Waals surface area contributed by atoms with Gasteiger partial charge in [-0.25, -0.2) is 8.42 Å². The van der Waals surface area contributed by atoms with Gasteiger partial charge in [-0.05, 0) is 50.3 Å². The summed E-state index contributed by atoms with van der Waals surface area (Å²) in [5.74, 6) is 0.379. The Hall–Kier alpha value is -1.36. The van der Waals surface area contributed by atoms with Crippen LogP contribution in [0.15, 0.2) is 23.1 Å². The average Bonchev–Trinajstić information content (AvgIpc) is 3.11. The van der Waals surface area contributed by atoms with Crippen LogP contribution in [0.4, 0.5) is 0 Å². The molecule has 19 heavy (non-hydrogen) atoms. The Bertz CT molecular complexity index is 603. The maximum Gasteiger partial charge on any atom is 0.251 e. The number of hydrogen-bond acceptors (Lipinski definition) is 3. The largest absolute Gasteiger partial charge is 0.349 e. The molecule has 0 heterocycles. The highest BCUT2D eigenvalue weighted by Crippen LogP contribution is 2.32. The number of sulfone groups is 1. The number of aryl methyl sites for hydroxylation is 1. The lowest BCUT2D eigenvalue weighted by Crippen LogP contribution is -2.34. The smallest absolute Gasteiger partial charge is 0.251 e. The van der Waals surface area contributed by atoms with E-state index in [1.54, 1.807) is 6.07 Å². The minimum atomic E-state index is -3.29. The summed E-state index contributed by atoms with van der Waals surface area (Å²) >= 11 is 0. The van der Waals surface area contributed by atoms with Crippen LogP contribution in [0.25, 0.3) is 0 Å². The molecule has 0 aliphatic heterocycles. The number of amides is 1. The van der Waals surface area contributed by atoms with Crippen LogP contribution in [-0.2, 0) is 9.84 Å². The standard InChI is InChI=1S/C14H19NO3S/c1-9-4-7-12(19(3,17)18)8-13(9)14(16)15-10(2)11-5-6-11/h4,7-8,10-11H,5-6H2,1-3H3,(H,15,16)/t10-/m1/s1. The highest BCUT2D eigenvalue weighted by Gasteiger charge is 2.29. The maximum absolute atomic E-state index is 12.2. The van der Waals surface area contributed by atoms with E-state index in [9.17, 15) is 13.2 Å². The first kappa shape index (κ1) is 14.1. The van der Waals surface area contributed by atoms with E-state index in [0.717, 1.165) is 24.7 Å². The van der Waals surface area contributed by atoms with Gasteiger partial charge in [-0.15, -0.1) is 0 Å². The fourth-order valence-corrected chi connectivity index (χ4v) is 2.72. The van der Waals surface area contributed by atoms with Crippen molar-refractivity contribution >= 4 is 15.7 Å². The van der Waals surface area contributed by atoms with Gasteiger partial charge in [0.1, 0.15) is 0 Å². The lowest BCUT2D eigenvalue weighted by Gasteiger charge is -2.14. The van der Waals surface area contributed by atoms with Gasteiger partial charge in [-0.2, -0.15) is 0 Å². The number of rotatable bonds is 4. The molecule has 104 valence electrons. The van der Waals surface area contributed by atoms with Crippen molar-refractivity contribution in [1.82, 2.24) is 5.32 Å². The van der Waals surface area contributed by atoms with Gasteiger partial charge in [0.2, 0.25) is 0 Å². The number of benzene rings is 1. The summed E-state index contributed by atoms with van der Waals surface area (Å²) in [6.45, 7) is 3.80. The van der Waals surface area contributed by atoms with Gasteiger partial charge >= 0.3 is 0 Å². The van der Waals surface area contributed by atoms with E-state index in [1.807, 2.05) is 13.8 Å². The minimum Gasteiger partial charge on any atom is -0.349 e. The zero-order valence-corrected chi connectivity index (χ0v) is 12.3. The van der Waals surface area contributed by atoms with Crippen molar-refractivity contribution in [1.29, 1.82) is 0 Å². The van der Waals surface area contributed by atoms with Crippen LogP contribution in [0, 0.1) is 12.8 Å². The molecule has 1 aliphatic rings. The monoisotopic (exact) mass is 281 g/mol. The van der Waals surface area contributed by atoms with Crippen molar-refractivity contribution in [3.05, 3.63) is 29.3 Å². The van der Waals surface area contributed by atoms with E-state index in [4.69, 9.17) is 0 Å². The minimum absolute atomic E-state index is 0.147. The van der Waals surface area contributed by atoms with Gasteiger partial charge in [-0.1, -0.05) is 6.07 Å². The van der Waals surface area contributed by atoms with Crippen LogP contribution in [0.1, 0.15) is 35.7 Å². The summed E-state index contributed by atoms with van der Waals surface area (Å²) in [7, 11) is -3.29. The van der Waals surface area contributed by atoms with Crippen molar-refractivity contribution in [2.45, 2.75) is 37.6 Å². The number of carbonyl (C=O) groups excluding carboxylic acids is 1. The van der Waals surface area contributed by atoms with Gasteiger partial charge in [0.15, 0.2) is 9.84 Å². The zero-order chi connectivity index (χ0) is 14.2. The predicted octanol–water partition coefficient (Wildman–Crippen LogP) is 1.93. The molecular formula is C14H19NO3S. The lowest BCUT2D eigenvalue weighted by molar-refractivity contribution is 0.0935. The highest BCUT2D eigenvalue weighted by atomic mass is 32.2. The van der Waals surface area contributed by atoms with E-state index < -0.39 is 9.84 Å². The molecule has 0 aromatic heterocycles. The Morgan fingerprint density at radius 1 is 1.37 bits per heavy atom. The quantitative estimate of drug-likeness (QED) is 0.917. The van der Waals surface area contributed by atoms with E-state index in [-0.39, 0.29) is 16.8 Å². The Labute approximate surface area is 114 Å². The number of hydrogen-bond donors (Lipinski definition) is 1. The normalized spacial score (nSPS) is 17.0. The number of nitrogens with one attached hydrogen (secondary N) is 1. The molecule has 1 aromatic carbocycles. The molecule has 1 fully saturated rings. The van der Waals surface area contributed by atoms with Crippen LogP contribution in [0.3, 0.4) is 0 Å². The fraction of sp³-hybridized carbons (Fsp3) is 0.500. The van der Waals surface area contributed by atoms with Gasteiger partial charge in [0.25, 0.3) is 5.91 Å². The molecule has 1 amide bonds. The molecular weight excluding hydrogens is 262 g/mol. The van der Waals surface area contributed by atoms with Crippen LogP contribution >= 0.6 is 0 Å². The summed E-state index contributed by atoms with van der Waals surface area (Å²) in [6, 6.07) is 4.81. The molecule has 0 saturated heterocycles. The van der Waals surface area contributed by atoms with E-state index in [0.29, 0.717) is 11.5 Å². The molecule has 1 saturated carbocycles.